The molecule has 8 heteroatoms. The largest absolute Gasteiger partial charge is 0.377 e. The number of nitrogens with two attached hydrogens (primary N) is 1. The van der Waals surface area contributed by atoms with E-state index in [4.69, 9.17) is 22.2 Å². The first-order chi connectivity index (χ1) is 9.62. The Morgan fingerprint density at radius 3 is 2.70 bits per heavy atom. The minimum absolute atomic E-state index is 0.0262. The molecule has 0 radical (unpaired) electrons. The molecule has 0 unspecified atom stereocenters. The van der Waals surface area contributed by atoms with E-state index in [1.54, 1.807) is 19.2 Å². The molecule has 106 valence electrons. The molecule has 0 atom stereocenters. The summed E-state index contributed by atoms with van der Waals surface area (Å²) in [5, 5.41) is 3.02. The highest BCUT2D eigenvalue weighted by molar-refractivity contribution is 6.31. The Hall–Kier alpha value is -1.96. The lowest BCUT2D eigenvalue weighted by molar-refractivity contribution is 0.178. The number of hydrogen-bond donors (Lipinski definition) is 3. The maximum atomic E-state index is 13.1. The number of halogens is 2. The Morgan fingerprint density at radius 2 is 2.05 bits per heavy atom. The number of hydrazine groups is 1. The summed E-state index contributed by atoms with van der Waals surface area (Å²) >= 11 is 5.72. The van der Waals surface area contributed by atoms with E-state index < -0.39 is 5.82 Å². The maximum Gasteiger partial charge on any atom is 0.158 e. The first-order valence-corrected chi connectivity index (χ1v) is 6.05. The van der Waals surface area contributed by atoms with Gasteiger partial charge in [0, 0.05) is 18.9 Å². The Kier molecular flexibility index (Phi) is 4.67. The lowest BCUT2D eigenvalue weighted by Gasteiger charge is -2.10. The van der Waals surface area contributed by atoms with Crippen molar-refractivity contribution in [2.75, 3.05) is 17.9 Å². The van der Waals surface area contributed by atoms with Gasteiger partial charge in [-0.25, -0.2) is 20.2 Å². The molecule has 6 nitrogen and oxygen atoms in total. The molecule has 20 heavy (non-hydrogen) atoms. The second kappa shape index (κ2) is 6.47. The molecule has 1 heterocycles. The molecule has 0 bridgehead atoms. The topological polar surface area (TPSA) is 85.1 Å². The van der Waals surface area contributed by atoms with Crippen LogP contribution in [-0.2, 0) is 11.3 Å². The first-order valence-electron chi connectivity index (χ1n) is 5.68. The van der Waals surface area contributed by atoms with Gasteiger partial charge < -0.3 is 15.5 Å². The average molecular weight is 298 g/mol. The fourth-order valence-corrected chi connectivity index (χ4v) is 1.73. The van der Waals surface area contributed by atoms with E-state index in [9.17, 15) is 4.39 Å². The average Bonchev–Trinajstić information content (AvgIpc) is 2.43. The van der Waals surface area contributed by atoms with Crippen molar-refractivity contribution in [3.63, 3.8) is 0 Å². The summed E-state index contributed by atoms with van der Waals surface area (Å²) in [5.74, 6) is 6.24. The van der Waals surface area contributed by atoms with Gasteiger partial charge in [0.15, 0.2) is 5.82 Å². The summed E-state index contributed by atoms with van der Waals surface area (Å²) in [4.78, 5) is 8.36. The van der Waals surface area contributed by atoms with Crippen molar-refractivity contribution < 1.29 is 9.13 Å². The number of nitrogen functional groups attached to an aromatic ring is 1. The molecule has 1 aromatic heterocycles. The Balaban J connectivity index is 2.27. The smallest absolute Gasteiger partial charge is 0.158 e. The summed E-state index contributed by atoms with van der Waals surface area (Å²) in [6.45, 7) is 0.244. The second-order valence-electron chi connectivity index (χ2n) is 3.89. The van der Waals surface area contributed by atoms with Gasteiger partial charge in [-0.1, -0.05) is 11.6 Å². The van der Waals surface area contributed by atoms with Crippen LogP contribution in [0.25, 0.3) is 0 Å². The fourth-order valence-electron chi connectivity index (χ4n) is 1.55. The zero-order valence-corrected chi connectivity index (χ0v) is 11.4. The van der Waals surface area contributed by atoms with Gasteiger partial charge in [0.1, 0.15) is 24.1 Å². The second-order valence-corrected chi connectivity index (χ2v) is 4.29. The number of methoxy groups -OCH3 is 1. The Labute approximate surface area is 120 Å². The van der Waals surface area contributed by atoms with Crippen molar-refractivity contribution in [1.29, 1.82) is 0 Å². The summed E-state index contributed by atoms with van der Waals surface area (Å²) in [5.41, 5.74) is 3.04. The molecule has 0 aliphatic heterocycles. The highest BCUT2D eigenvalue weighted by atomic mass is 35.5. The predicted octanol–water partition coefficient (Wildman–Crippen LogP) is 2.44. The molecule has 1 aromatic carbocycles. The van der Waals surface area contributed by atoms with Crippen LogP contribution in [0.3, 0.4) is 0 Å². The number of nitrogens with zero attached hydrogens (tertiary/aromatic N) is 2. The SMILES string of the molecule is COCc1nc(NN)cc(Nc2ccc(F)c(Cl)c2)n1. The van der Waals surface area contributed by atoms with Gasteiger partial charge in [-0.05, 0) is 18.2 Å². The molecule has 0 saturated carbocycles. The van der Waals surface area contributed by atoms with Gasteiger partial charge in [0.2, 0.25) is 0 Å². The van der Waals surface area contributed by atoms with Gasteiger partial charge in [-0.15, -0.1) is 0 Å². The monoisotopic (exact) mass is 297 g/mol. The van der Waals surface area contributed by atoms with Crippen molar-refractivity contribution >= 4 is 28.9 Å². The fraction of sp³-hybridized carbons (Fsp3) is 0.167. The lowest BCUT2D eigenvalue weighted by atomic mass is 10.3. The number of benzene rings is 1. The summed E-state index contributed by atoms with van der Waals surface area (Å²) < 4.78 is 18.1. The van der Waals surface area contributed by atoms with Crippen LogP contribution in [0.15, 0.2) is 24.3 Å². The van der Waals surface area contributed by atoms with E-state index in [1.165, 1.54) is 12.1 Å². The summed E-state index contributed by atoms with van der Waals surface area (Å²) in [7, 11) is 1.54. The molecule has 0 aliphatic carbocycles. The molecular formula is C12H13ClFN5O. The summed E-state index contributed by atoms with van der Waals surface area (Å²) in [6, 6.07) is 5.89. The standard InChI is InChI=1S/C12H13ClFN5O/c1-20-6-12-17-10(5-11(18-12)19-15)16-7-2-3-9(14)8(13)4-7/h2-5H,6,15H2,1H3,(H2,16,17,18,19). The highest BCUT2D eigenvalue weighted by Crippen LogP contribution is 2.22. The molecule has 4 N–H and O–H groups in total. The number of hydrogen-bond acceptors (Lipinski definition) is 6. The third-order valence-corrected chi connectivity index (χ3v) is 2.68. The molecule has 2 aromatic rings. The van der Waals surface area contributed by atoms with Crippen LogP contribution >= 0.6 is 11.6 Å². The molecule has 0 fully saturated rings. The molecule has 0 amide bonds. The van der Waals surface area contributed by atoms with E-state index >= 15 is 0 Å². The zero-order valence-electron chi connectivity index (χ0n) is 10.7. The van der Waals surface area contributed by atoms with Crippen LogP contribution < -0.4 is 16.6 Å². The highest BCUT2D eigenvalue weighted by Gasteiger charge is 2.06. The predicted molar refractivity (Wildman–Crippen MR) is 75.2 cm³/mol. The first kappa shape index (κ1) is 14.4. The lowest BCUT2D eigenvalue weighted by Crippen LogP contribution is -2.11. The van der Waals surface area contributed by atoms with Gasteiger partial charge >= 0.3 is 0 Å². The third-order valence-electron chi connectivity index (χ3n) is 2.39. The number of nitrogens with one attached hydrogen (secondary N) is 2. The van der Waals surface area contributed by atoms with E-state index in [1.807, 2.05) is 0 Å². The Bertz CT molecular complexity index is 610. The minimum atomic E-state index is -0.482. The van der Waals surface area contributed by atoms with Crippen LogP contribution in [0.4, 0.5) is 21.7 Å². The number of anilines is 3. The molecule has 0 spiro atoms. The van der Waals surface area contributed by atoms with Crippen molar-refractivity contribution in [2.45, 2.75) is 6.61 Å². The van der Waals surface area contributed by atoms with E-state index in [-0.39, 0.29) is 11.6 Å². The van der Waals surface area contributed by atoms with Gasteiger partial charge in [0.25, 0.3) is 0 Å². The van der Waals surface area contributed by atoms with Crippen LogP contribution in [0, 0.1) is 5.82 Å². The maximum absolute atomic E-state index is 13.1. The molecule has 0 aliphatic rings. The summed E-state index contributed by atoms with van der Waals surface area (Å²) in [6.07, 6.45) is 0. The molecular weight excluding hydrogens is 285 g/mol. The minimum Gasteiger partial charge on any atom is -0.377 e. The third kappa shape index (κ3) is 3.53. The van der Waals surface area contributed by atoms with Crippen molar-refractivity contribution in [3.8, 4) is 0 Å². The van der Waals surface area contributed by atoms with Crippen molar-refractivity contribution in [3.05, 3.63) is 40.9 Å². The molecule has 0 saturated heterocycles. The number of aromatic nitrogens is 2. The van der Waals surface area contributed by atoms with Crippen LogP contribution in [0.5, 0.6) is 0 Å². The number of ether oxygens (including phenoxy) is 1. The zero-order chi connectivity index (χ0) is 14.5. The quantitative estimate of drug-likeness (QED) is 0.580. The normalized spacial score (nSPS) is 10.4. The van der Waals surface area contributed by atoms with E-state index in [2.05, 4.69) is 20.7 Å². The van der Waals surface area contributed by atoms with Gasteiger partial charge in [-0.2, -0.15) is 0 Å². The van der Waals surface area contributed by atoms with Crippen molar-refractivity contribution in [2.24, 2.45) is 5.84 Å². The van der Waals surface area contributed by atoms with Crippen LogP contribution in [0.2, 0.25) is 5.02 Å². The number of rotatable bonds is 5. The molecule has 2 rings (SSSR count). The van der Waals surface area contributed by atoms with E-state index in [0.29, 0.717) is 23.1 Å². The van der Waals surface area contributed by atoms with Gasteiger partial charge in [0.05, 0.1) is 5.02 Å². The van der Waals surface area contributed by atoms with Gasteiger partial charge in [-0.3, -0.25) is 0 Å². The van der Waals surface area contributed by atoms with Crippen LogP contribution in [0.1, 0.15) is 5.82 Å². The van der Waals surface area contributed by atoms with Crippen molar-refractivity contribution in [1.82, 2.24) is 9.97 Å². The Morgan fingerprint density at radius 1 is 1.30 bits per heavy atom. The van der Waals surface area contributed by atoms with Crippen LogP contribution in [-0.4, -0.2) is 17.1 Å². The van der Waals surface area contributed by atoms with E-state index in [0.717, 1.165) is 0 Å².